The predicted molar refractivity (Wildman–Crippen MR) is 276 cm³/mol. The van der Waals surface area contributed by atoms with Crippen LogP contribution in [0, 0.1) is 0 Å². The monoisotopic (exact) mass is 843 g/mol. The highest BCUT2D eigenvalue weighted by Crippen LogP contribution is 2.53. The number of hydrogen-bond acceptors (Lipinski definition) is 2. The van der Waals surface area contributed by atoms with Crippen molar-refractivity contribution in [2.75, 3.05) is 4.90 Å². The molecule has 320 valence electrons. The van der Waals surface area contributed by atoms with Gasteiger partial charge < -0.3 is 9.32 Å². The van der Waals surface area contributed by atoms with Gasteiger partial charge in [-0.05, 0) is 138 Å². The Bertz CT molecular complexity index is 3460. The fraction of sp³-hybridized carbons (Fsp3) is 0.206. The first kappa shape index (κ1) is 40.8. The topological polar surface area (TPSA) is 16.4 Å². The number of anilines is 3. The van der Waals surface area contributed by atoms with Crippen molar-refractivity contribution in [2.45, 2.75) is 84.5 Å². The minimum atomic E-state index is -0.141. The zero-order valence-electron chi connectivity index (χ0n) is 39.0. The fourth-order valence-electron chi connectivity index (χ4n) is 10.8. The molecule has 0 aliphatic heterocycles. The van der Waals surface area contributed by atoms with Crippen molar-refractivity contribution >= 4 is 50.6 Å². The molecule has 0 fully saturated rings. The highest BCUT2D eigenvalue weighted by Gasteiger charge is 2.37. The van der Waals surface area contributed by atoms with Gasteiger partial charge in [0.25, 0.3) is 0 Å². The average Bonchev–Trinajstić information content (AvgIpc) is 3.79. The third kappa shape index (κ3) is 6.85. The smallest absolute Gasteiger partial charge is 0.135 e. The Morgan fingerprint density at radius 1 is 0.492 bits per heavy atom. The van der Waals surface area contributed by atoms with Crippen molar-refractivity contribution in [3.8, 4) is 33.4 Å². The van der Waals surface area contributed by atoms with Crippen molar-refractivity contribution in [3.05, 3.63) is 208 Å². The Morgan fingerprint density at radius 3 is 1.92 bits per heavy atom. The summed E-state index contributed by atoms with van der Waals surface area (Å²) in [6.45, 7) is 18.8. The first-order chi connectivity index (χ1) is 31.3. The van der Waals surface area contributed by atoms with Crippen LogP contribution in [0.25, 0.3) is 67.0 Å². The van der Waals surface area contributed by atoms with Gasteiger partial charge in [-0.2, -0.15) is 0 Å². The van der Waals surface area contributed by atoms with Crippen LogP contribution in [0.4, 0.5) is 17.1 Å². The van der Waals surface area contributed by atoms with Crippen LogP contribution in [-0.2, 0) is 16.2 Å². The number of rotatable bonds is 6. The normalized spacial score (nSPS) is 14.2. The standard InChI is InChI=1S/C63H57NO/c1-61(2,3)43-35-42(36-44(38-43)62(4,5)6)47-26-16-19-40-20-17-28-52(59(40)47)50-24-10-13-31-56(50)64(46-33-34-58-54(39-46)51-25-11-14-32-57(51)65-58)45-22-15-21-41(37-45)48-27-18-29-53-49-23-9-12-30-55(49)63(7,8)60(48)53/h9-16,18-27,29-39H,17,28H2,1-8H3. The third-order valence-electron chi connectivity index (χ3n) is 14.2. The Hall–Kier alpha value is -6.90. The maximum absolute atomic E-state index is 6.41. The molecule has 2 aliphatic rings. The zero-order valence-corrected chi connectivity index (χ0v) is 39.0. The molecule has 0 spiro atoms. The van der Waals surface area contributed by atoms with Gasteiger partial charge in [-0.15, -0.1) is 0 Å². The Balaban J connectivity index is 1.16. The number of para-hydroxylation sites is 2. The Labute approximate surface area is 384 Å². The van der Waals surface area contributed by atoms with Gasteiger partial charge in [0.2, 0.25) is 0 Å². The summed E-state index contributed by atoms with van der Waals surface area (Å²) in [6.07, 6.45) is 4.37. The van der Waals surface area contributed by atoms with Crippen molar-refractivity contribution in [3.63, 3.8) is 0 Å². The molecule has 8 aromatic carbocycles. The van der Waals surface area contributed by atoms with Gasteiger partial charge in [0, 0.05) is 33.1 Å². The molecule has 0 bridgehead atoms. The fourth-order valence-corrected chi connectivity index (χ4v) is 10.8. The SMILES string of the molecule is CC(C)(C)c1cc(-c2cccc3c2=C(c2ccccc2N(c2cccc(-c4cccc5c4C(C)(C)c4ccccc4-5)c2)c2ccc4oc5ccccc5c4c2)CCC=3)cc(C(C)(C)C)c1. The molecule has 0 saturated carbocycles. The van der Waals surface area contributed by atoms with E-state index in [9.17, 15) is 0 Å². The van der Waals surface area contributed by atoms with Crippen LogP contribution < -0.4 is 15.3 Å². The van der Waals surface area contributed by atoms with Crippen LogP contribution in [0.2, 0.25) is 0 Å². The maximum atomic E-state index is 6.41. The van der Waals surface area contributed by atoms with Crippen LogP contribution in [0.3, 0.4) is 0 Å². The van der Waals surface area contributed by atoms with E-state index in [1.807, 2.05) is 6.07 Å². The predicted octanol–water partition coefficient (Wildman–Crippen LogP) is 16.1. The second-order valence-corrected chi connectivity index (χ2v) is 20.9. The largest absolute Gasteiger partial charge is 0.456 e. The van der Waals surface area contributed by atoms with E-state index in [-0.39, 0.29) is 16.2 Å². The lowest BCUT2D eigenvalue weighted by Crippen LogP contribution is -2.32. The van der Waals surface area contributed by atoms with E-state index < -0.39 is 0 Å². The molecule has 0 saturated heterocycles. The molecule has 0 unspecified atom stereocenters. The maximum Gasteiger partial charge on any atom is 0.135 e. The minimum absolute atomic E-state index is 0.00609. The summed E-state index contributed by atoms with van der Waals surface area (Å²) in [5, 5.41) is 4.87. The summed E-state index contributed by atoms with van der Waals surface area (Å²) in [7, 11) is 0. The van der Waals surface area contributed by atoms with Gasteiger partial charge in [0.15, 0.2) is 0 Å². The molecule has 1 aromatic heterocycles. The molecule has 9 aromatic rings. The van der Waals surface area contributed by atoms with Crippen LogP contribution in [0.5, 0.6) is 0 Å². The van der Waals surface area contributed by atoms with Gasteiger partial charge in [0.05, 0.1) is 5.69 Å². The summed E-state index contributed by atoms with van der Waals surface area (Å²) < 4.78 is 6.41. The lowest BCUT2D eigenvalue weighted by Gasteiger charge is -2.30. The van der Waals surface area contributed by atoms with Gasteiger partial charge in [0.1, 0.15) is 11.2 Å². The van der Waals surface area contributed by atoms with E-state index in [1.54, 1.807) is 0 Å². The number of furan rings is 1. The van der Waals surface area contributed by atoms with Gasteiger partial charge >= 0.3 is 0 Å². The Kier molecular flexibility index (Phi) is 9.49. The van der Waals surface area contributed by atoms with Crippen molar-refractivity contribution in [1.82, 2.24) is 0 Å². The van der Waals surface area contributed by atoms with Crippen LogP contribution in [0.15, 0.2) is 174 Å². The van der Waals surface area contributed by atoms with Crippen molar-refractivity contribution < 1.29 is 4.42 Å². The highest BCUT2D eigenvalue weighted by atomic mass is 16.3. The molecule has 1 heterocycles. The molecular formula is C63H57NO. The molecule has 0 N–H and O–H groups in total. The van der Waals surface area contributed by atoms with E-state index in [0.29, 0.717) is 0 Å². The van der Waals surface area contributed by atoms with Gasteiger partial charge in [-0.25, -0.2) is 0 Å². The van der Waals surface area contributed by atoms with Crippen molar-refractivity contribution in [1.29, 1.82) is 0 Å². The minimum Gasteiger partial charge on any atom is -0.456 e. The average molecular weight is 844 g/mol. The Morgan fingerprint density at radius 2 is 1.12 bits per heavy atom. The van der Waals surface area contributed by atoms with E-state index in [4.69, 9.17) is 4.42 Å². The molecule has 65 heavy (non-hydrogen) atoms. The number of nitrogens with zero attached hydrogens (tertiary/aromatic N) is 1. The summed E-state index contributed by atoms with van der Waals surface area (Å²) in [4.78, 5) is 2.49. The molecule has 11 rings (SSSR count). The van der Waals surface area contributed by atoms with Crippen LogP contribution >= 0.6 is 0 Å². The van der Waals surface area contributed by atoms with E-state index >= 15 is 0 Å². The molecule has 0 atom stereocenters. The highest BCUT2D eigenvalue weighted by molar-refractivity contribution is 6.07. The first-order valence-electron chi connectivity index (χ1n) is 23.4. The number of benzene rings is 8. The summed E-state index contributed by atoms with van der Waals surface area (Å²) in [6, 6.07) is 63.5. The van der Waals surface area contributed by atoms with Crippen molar-refractivity contribution in [2.24, 2.45) is 0 Å². The molecule has 2 nitrogen and oxygen atoms in total. The first-order valence-corrected chi connectivity index (χ1v) is 23.4. The molecule has 0 radical (unpaired) electrons. The second-order valence-electron chi connectivity index (χ2n) is 20.9. The lowest BCUT2D eigenvalue weighted by atomic mass is 9.78. The van der Waals surface area contributed by atoms with E-state index in [1.165, 1.54) is 77.2 Å². The second kappa shape index (κ2) is 15.1. The van der Waals surface area contributed by atoms with Crippen LogP contribution in [-0.4, -0.2) is 0 Å². The van der Waals surface area contributed by atoms with E-state index in [0.717, 1.165) is 51.8 Å². The van der Waals surface area contributed by atoms with Gasteiger partial charge in [-0.3, -0.25) is 0 Å². The molecular weight excluding hydrogens is 787 g/mol. The van der Waals surface area contributed by atoms with E-state index in [2.05, 4.69) is 230 Å². The lowest BCUT2D eigenvalue weighted by molar-refractivity contribution is 0.569. The zero-order chi connectivity index (χ0) is 44.8. The van der Waals surface area contributed by atoms with Gasteiger partial charge in [-0.1, -0.05) is 189 Å². The summed E-state index contributed by atoms with van der Waals surface area (Å²) >= 11 is 0. The summed E-state index contributed by atoms with van der Waals surface area (Å²) in [5.74, 6) is 0. The molecule has 0 amide bonds. The quantitative estimate of drug-likeness (QED) is 0.166. The number of fused-ring (bicyclic) bond motifs is 7. The van der Waals surface area contributed by atoms with Crippen LogP contribution in [0.1, 0.15) is 96.0 Å². The molecule has 2 heteroatoms. The molecule has 2 aliphatic carbocycles. The number of hydrogen-bond donors (Lipinski definition) is 0. The summed E-state index contributed by atoms with van der Waals surface area (Å²) in [5.41, 5.74) is 20.9. The third-order valence-corrected chi connectivity index (χ3v) is 14.2.